The van der Waals surface area contributed by atoms with Crippen LogP contribution in [0.4, 0.5) is 5.69 Å². The zero-order chi connectivity index (χ0) is 11.8. The Hall–Kier alpha value is -0.980. The van der Waals surface area contributed by atoms with E-state index in [1.54, 1.807) is 0 Å². The summed E-state index contributed by atoms with van der Waals surface area (Å²) >= 11 is 0. The van der Waals surface area contributed by atoms with E-state index in [1.165, 1.54) is 23.2 Å². The van der Waals surface area contributed by atoms with Crippen LogP contribution in [0, 0.1) is 11.3 Å². The summed E-state index contributed by atoms with van der Waals surface area (Å²) in [5.74, 6) is 0.743. The number of benzene rings is 1. The van der Waals surface area contributed by atoms with E-state index in [1.807, 2.05) is 0 Å². The van der Waals surface area contributed by atoms with Crippen molar-refractivity contribution in [2.45, 2.75) is 40.5 Å². The number of para-hydroxylation sites is 1. The van der Waals surface area contributed by atoms with Crippen LogP contribution in [0.3, 0.4) is 0 Å². The third-order valence-corrected chi connectivity index (χ3v) is 3.83. The lowest BCUT2D eigenvalue weighted by Crippen LogP contribution is -2.33. The Morgan fingerprint density at radius 3 is 2.69 bits per heavy atom. The molecule has 88 valence electrons. The van der Waals surface area contributed by atoms with Crippen molar-refractivity contribution >= 4 is 5.69 Å². The first-order valence-electron chi connectivity index (χ1n) is 6.37. The van der Waals surface area contributed by atoms with Crippen LogP contribution >= 0.6 is 0 Å². The van der Waals surface area contributed by atoms with E-state index in [0.29, 0.717) is 5.41 Å². The van der Waals surface area contributed by atoms with E-state index >= 15 is 0 Å². The molecule has 0 aliphatic carbocycles. The number of aryl methyl sites for hydroxylation is 1. The van der Waals surface area contributed by atoms with Gasteiger partial charge in [0, 0.05) is 12.2 Å². The lowest BCUT2D eigenvalue weighted by atomic mass is 9.75. The van der Waals surface area contributed by atoms with Crippen LogP contribution in [0.15, 0.2) is 18.2 Å². The highest BCUT2D eigenvalue weighted by molar-refractivity contribution is 5.59. The van der Waals surface area contributed by atoms with Crippen LogP contribution in [0.25, 0.3) is 0 Å². The molecule has 1 N–H and O–H groups in total. The average Bonchev–Trinajstić information content (AvgIpc) is 2.26. The Kier molecular flexibility index (Phi) is 2.96. The van der Waals surface area contributed by atoms with Crippen molar-refractivity contribution in [1.82, 2.24) is 0 Å². The summed E-state index contributed by atoms with van der Waals surface area (Å²) in [5, 5.41) is 3.64. The van der Waals surface area contributed by atoms with Gasteiger partial charge in [-0.1, -0.05) is 45.9 Å². The van der Waals surface area contributed by atoms with Gasteiger partial charge in [-0.2, -0.15) is 0 Å². The number of anilines is 1. The summed E-state index contributed by atoms with van der Waals surface area (Å²) < 4.78 is 0. The second kappa shape index (κ2) is 4.12. The average molecular weight is 217 g/mol. The molecule has 1 heterocycles. The van der Waals surface area contributed by atoms with Gasteiger partial charge in [-0.3, -0.25) is 0 Å². The van der Waals surface area contributed by atoms with Crippen molar-refractivity contribution in [3.05, 3.63) is 29.3 Å². The summed E-state index contributed by atoms with van der Waals surface area (Å²) in [4.78, 5) is 0. The van der Waals surface area contributed by atoms with Crippen molar-refractivity contribution in [3.63, 3.8) is 0 Å². The summed E-state index contributed by atoms with van der Waals surface area (Å²) in [7, 11) is 0. The first-order chi connectivity index (χ1) is 7.52. The van der Waals surface area contributed by atoms with Crippen LogP contribution in [0.1, 0.15) is 38.8 Å². The van der Waals surface area contributed by atoms with Crippen LogP contribution < -0.4 is 5.32 Å². The van der Waals surface area contributed by atoms with Crippen molar-refractivity contribution in [3.8, 4) is 0 Å². The Morgan fingerprint density at radius 2 is 2.06 bits per heavy atom. The van der Waals surface area contributed by atoms with Gasteiger partial charge in [0.1, 0.15) is 0 Å². The molecule has 0 fully saturated rings. The fraction of sp³-hybridized carbons (Fsp3) is 0.600. The van der Waals surface area contributed by atoms with E-state index in [4.69, 9.17) is 0 Å². The predicted octanol–water partition coefficient (Wildman–Crippen LogP) is 3.88. The lowest BCUT2D eigenvalue weighted by Gasteiger charge is -2.36. The number of hydrogen-bond donors (Lipinski definition) is 1. The molecule has 16 heavy (non-hydrogen) atoms. The normalized spacial score (nSPS) is 20.1. The van der Waals surface area contributed by atoms with E-state index in [-0.39, 0.29) is 0 Å². The second-order valence-corrected chi connectivity index (χ2v) is 5.95. The van der Waals surface area contributed by atoms with Gasteiger partial charge in [0.05, 0.1) is 0 Å². The quantitative estimate of drug-likeness (QED) is 0.752. The van der Waals surface area contributed by atoms with Gasteiger partial charge in [-0.05, 0) is 35.3 Å². The Morgan fingerprint density at radius 1 is 1.31 bits per heavy atom. The maximum atomic E-state index is 3.64. The SMILES string of the molecule is CCc1cccc2c1NCC(C(C)(C)C)C2. The molecular weight excluding hydrogens is 194 g/mol. The largest absolute Gasteiger partial charge is 0.384 e. The summed E-state index contributed by atoms with van der Waals surface area (Å²) in [6.07, 6.45) is 2.34. The highest BCUT2D eigenvalue weighted by Gasteiger charge is 2.28. The molecule has 0 saturated carbocycles. The molecule has 1 atom stereocenters. The third kappa shape index (κ3) is 2.09. The number of rotatable bonds is 1. The summed E-state index contributed by atoms with van der Waals surface area (Å²) in [5.41, 5.74) is 4.77. The zero-order valence-electron chi connectivity index (χ0n) is 10.9. The van der Waals surface area contributed by atoms with Crippen molar-refractivity contribution in [2.75, 3.05) is 11.9 Å². The minimum absolute atomic E-state index is 0.396. The number of fused-ring (bicyclic) bond motifs is 1. The molecule has 0 radical (unpaired) electrons. The molecule has 1 unspecified atom stereocenters. The molecule has 0 bridgehead atoms. The van der Waals surface area contributed by atoms with E-state index in [9.17, 15) is 0 Å². The molecule has 1 heteroatoms. The first kappa shape index (κ1) is 11.5. The van der Waals surface area contributed by atoms with E-state index in [2.05, 4.69) is 51.2 Å². The highest BCUT2D eigenvalue weighted by Crippen LogP contribution is 2.36. The van der Waals surface area contributed by atoms with Crippen LogP contribution in [-0.2, 0) is 12.8 Å². The Labute approximate surface area is 99.3 Å². The van der Waals surface area contributed by atoms with Gasteiger partial charge in [-0.25, -0.2) is 0 Å². The van der Waals surface area contributed by atoms with Gasteiger partial charge in [0.25, 0.3) is 0 Å². The number of nitrogens with one attached hydrogen (secondary N) is 1. The van der Waals surface area contributed by atoms with Crippen molar-refractivity contribution in [2.24, 2.45) is 11.3 Å². The summed E-state index contributed by atoms with van der Waals surface area (Å²) in [6, 6.07) is 6.72. The van der Waals surface area contributed by atoms with Gasteiger partial charge in [0.2, 0.25) is 0 Å². The monoisotopic (exact) mass is 217 g/mol. The topological polar surface area (TPSA) is 12.0 Å². The maximum Gasteiger partial charge on any atom is 0.0405 e. The van der Waals surface area contributed by atoms with Crippen molar-refractivity contribution in [1.29, 1.82) is 0 Å². The number of hydrogen-bond acceptors (Lipinski definition) is 1. The highest BCUT2D eigenvalue weighted by atomic mass is 14.9. The molecular formula is C15H23N. The van der Waals surface area contributed by atoms with Gasteiger partial charge < -0.3 is 5.32 Å². The molecule has 1 aliphatic heterocycles. The fourth-order valence-corrected chi connectivity index (χ4v) is 2.52. The lowest BCUT2D eigenvalue weighted by molar-refractivity contribution is 0.247. The van der Waals surface area contributed by atoms with Gasteiger partial charge >= 0.3 is 0 Å². The molecule has 1 aromatic rings. The Balaban J connectivity index is 2.28. The molecule has 0 spiro atoms. The first-order valence-corrected chi connectivity index (χ1v) is 6.37. The predicted molar refractivity (Wildman–Crippen MR) is 71.0 cm³/mol. The van der Waals surface area contributed by atoms with Gasteiger partial charge in [0.15, 0.2) is 0 Å². The molecule has 1 aliphatic rings. The second-order valence-electron chi connectivity index (χ2n) is 5.95. The molecule has 1 nitrogen and oxygen atoms in total. The van der Waals surface area contributed by atoms with E-state index in [0.717, 1.165) is 18.9 Å². The molecule has 1 aromatic carbocycles. The van der Waals surface area contributed by atoms with Crippen LogP contribution in [0.2, 0.25) is 0 Å². The van der Waals surface area contributed by atoms with Crippen LogP contribution in [0.5, 0.6) is 0 Å². The molecule has 0 aromatic heterocycles. The van der Waals surface area contributed by atoms with Crippen LogP contribution in [-0.4, -0.2) is 6.54 Å². The smallest absolute Gasteiger partial charge is 0.0405 e. The van der Waals surface area contributed by atoms with Crippen molar-refractivity contribution < 1.29 is 0 Å². The van der Waals surface area contributed by atoms with E-state index < -0.39 is 0 Å². The maximum absolute atomic E-state index is 3.64. The Bertz CT molecular complexity index is 374. The third-order valence-electron chi connectivity index (χ3n) is 3.83. The van der Waals surface area contributed by atoms with Gasteiger partial charge in [-0.15, -0.1) is 0 Å². The summed E-state index contributed by atoms with van der Waals surface area (Å²) in [6.45, 7) is 10.4. The molecule has 0 saturated heterocycles. The minimum Gasteiger partial charge on any atom is -0.384 e. The fourth-order valence-electron chi connectivity index (χ4n) is 2.52. The molecule has 2 rings (SSSR count). The zero-order valence-corrected chi connectivity index (χ0v) is 10.9. The standard InChI is InChI=1S/C15H23N/c1-5-11-7-6-8-12-9-13(15(2,3)4)10-16-14(11)12/h6-8,13,16H,5,9-10H2,1-4H3. The minimum atomic E-state index is 0.396. The molecule has 0 amide bonds.